The van der Waals surface area contributed by atoms with Gasteiger partial charge in [-0.25, -0.2) is 0 Å². The number of carbonyl (C=O) groups is 1. The molecule has 1 fully saturated rings. The van der Waals surface area contributed by atoms with E-state index in [-0.39, 0.29) is 5.91 Å². The van der Waals surface area contributed by atoms with Crippen LogP contribution in [0.3, 0.4) is 0 Å². The van der Waals surface area contributed by atoms with E-state index in [2.05, 4.69) is 12.2 Å². The van der Waals surface area contributed by atoms with E-state index in [1.165, 1.54) is 0 Å². The highest BCUT2D eigenvalue weighted by atomic mass is 16.3. The summed E-state index contributed by atoms with van der Waals surface area (Å²) >= 11 is 0. The molecular weight excluding hydrogens is 190 g/mol. The van der Waals surface area contributed by atoms with Gasteiger partial charge in [0.05, 0.1) is 18.7 Å². The lowest BCUT2D eigenvalue weighted by Crippen LogP contribution is -2.63. The number of rotatable bonds is 3. The maximum Gasteiger partial charge on any atom is 0.223 e. The lowest BCUT2D eigenvalue weighted by Gasteiger charge is -2.46. The van der Waals surface area contributed by atoms with Gasteiger partial charge in [-0.3, -0.25) is 4.79 Å². The molecule has 1 atom stereocenters. The third kappa shape index (κ3) is 2.23. The highest BCUT2D eigenvalue weighted by Gasteiger charge is 2.41. The Labute approximate surface area is 90.8 Å². The third-order valence-electron chi connectivity index (χ3n) is 3.53. The molecule has 1 aliphatic heterocycles. The number of hydrogen-bond acceptors (Lipinski definition) is 2. The Balaban J connectivity index is 1.76. The van der Waals surface area contributed by atoms with Gasteiger partial charge in [-0.05, 0) is 25.2 Å². The van der Waals surface area contributed by atoms with E-state index in [1.54, 1.807) is 4.90 Å². The molecule has 0 spiro atoms. The number of β-amino-alcohol motifs (C(OH)–C–C–N with tert-alkyl or cyclic N) is 1. The molecule has 0 aromatic rings. The minimum absolute atomic E-state index is 0.199. The molecule has 0 aromatic carbocycles. The van der Waals surface area contributed by atoms with Gasteiger partial charge in [0, 0.05) is 6.42 Å². The molecule has 1 heterocycles. The van der Waals surface area contributed by atoms with Crippen molar-refractivity contribution in [1.29, 1.82) is 0 Å². The first-order valence-electron chi connectivity index (χ1n) is 5.80. The molecular formula is C12H19NO2. The van der Waals surface area contributed by atoms with E-state index < -0.39 is 5.60 Å². The van der Waals surface area contributed by atoms with E-state index in [9.17, 15) is 9.90 Å². The summed E-state index contributed by atoms with van der Waals surface area (Å²) < 4.78 is 0. The molecule has 2 aliphatic rings. The predicted molar refractivity (Wildman–Crippen MR) is 58.3 cm³/mol. The Morgan fingerprint density at radius 2 is 2.33 bits per heavy atom. The fraction of sp³-hybridized carbons (Fsp3) is 0.750. The first-order valence-corrected chi connectivity index (χ1v) is 5.80. The maximum atomic E-state index is 11.8. The molecule has 1 unspecified atom stereocenters. The number of nitrogens with zero attached hydrogens (tertiary/aromatic N) is 1. The van der Waals surface area contributed by atoms with Crippen molar-refractivity contribution in [3.8, 4) is 0 Å². The first kappa shape index (κ1) is 10.7. The zero-order valence-electron chi connectivity index (χ0n) is 9.28. The van der Waals surface area contributed by atoms with E-state index in [0.717, 1.165) is 19.3 Å². The van der Waals surface area contributed by atoms with Crippen molar-refractivity contribution in [2.75, 3.05) is 13.1 Å². The molecule has 0 saturated carbocycles. The minimum Gasteiger partial charge on any atom is -0.386 e. The van der Waals surface area contributed by atoms with E-state index in [4.69, 9.17) is 0 Å². The standard InChI is InChI=1S/C12H19NO2/c1-2-12(15)8-13(9-12)11(14)7-10-5-3-4-6-10/h3,5,10,15H,2,4,6-9H2,1H3. The lowest BCUT2D eigenvalue weighted by atomic mass is 9.90. The van der Waals surface area contributed by atoms with Crippen molar-refractivity contribution in [1.82, 2.24) is 4.90 Å². The second kappa shape index (κ2) is 3.97. The Morgan fingerprint density at radius 3 is 2.87 bits per heavy atom. The topological polar surface area (TPSA) is 40.5 Å². The summed E-state index contributed by atoms with van der Waals surface area (Å²) in [7, 11) is 0. The van der Waals surface area contributed by atoms with Crippen LogP contribution < -0.4 is 0 Å². The number of allylic oxidation sites excluding steroid dienone is 2. The molecule has 0 bridgehead atoms. The molecule has 1 amide bonds. The second-order valence-electron chi connectivity index (χ2n) is 4.80. The lowest BCUT2D eigenvalue weighted by molar-refractivity contribution is -0.156. The fourth-order valence-electron chi connectivity index (χ4n) is 2.28. The summed E-state index contributed by atoms with van der Waals surface area (Å²) in [5.74, 6) is 0.637. The molecule has 2 rings (SSSR count). The summed E-state index contributed by atoms with van der Waals surface area (Å²) in [6.07, 6.45) is 7.87. The van der Waals surface area contributed by atoms with Crippen molar-refractivity contribution in [2.24, 2.45) is 5.92 Å². The smallest absolute Gasteiger partial charge is 0.223 e. The Hall–Kier alpha value is -0.830. The quantitative estimate of drug-likeness (QED) is 0.712. The predicted octanol–water partition coefficient (Wildman–Crippen LogP) is 1.33. The van der Waals surface area contributed by atoms with Crippen LogP contribution in [0, 0.1) is 5.92 Å². The molecule has 0 aromatic heterocycles. The van der Waals surface area contributed by atoms with Crippen molar-refractivity contribution in [3.05, 3.63) is 12.2 Å². The molecule has 84 valence electrons. The van der Waals surface area contributed by atoms with Gasteiger partial charge in [-0.15, -0.1) is 0 Å². The summed E-state index contributed by atoms with van der Waals surface area (Å²) in [4.78, 5) is 13.5. The zero-order valence-corrected chi connectivity index (χ0v) is 9.28. The monoisotopic (exact) mass is 209 g/mol. The minimum atomic E-state index is -0.596. The van der Waals surface area contributed by atoms with Crippen molar-refractivity contribution < 1.29 is 9.90 Å². The highest BCUT2D eigenvalue weighted by Crippen LogP contribution is 2.27. The Morgan fingerprint density at radius 1 is 1.60 bits per heavy atom. The summed E-state index contributed by atoms with van der Waals surface area (Å²) in [5.41, 5.74) is -0.596. The van der Waals surface area contributed by atoms with E-state index >= 15 is 0 Å². The van der Waals surface area contributed by atoms with Gasteiger partial charge in [0.15, 0.2) is 0 Å². The second-order valence-corrected chi connectivity index (χ2v) is 4.80. The third-order valence-corrected chi connectivity index (χ3v) is 3.53. The summed E-state index contributed by atoms with van der Waals surface area (Å²) in [5, 5.41) is 9.79. The molecule has 3 nitrogen and oxygen atoms in total. The first-order chi connectivity index (χ1) is 7.13. The molecule has 15 heavy (non-hydrogen) atoms. The largest absolute Gasteiger partial charge is 0.386 e. The SMILES string of the molecule is CCC1(O)CN(C(=O)CC2C=CCC2)C1. The van der Waals surface area contributed by atoms with Crippen molar-refractivity contribution in [2.45, 2.75) is 38.2 Å². The van der Waals surface area contributed by atoms with Crippen molar-refractivity contribution in [3.63, 3.8) is 0 Å². The van der Waals surface area contributed by atoms with Crippen LogP contribution in [-0.4, -0.2) is 34.6 Å². The number of aliphatic hydroxyl groups is 1. The molecule has 3 heteroatoms. The zero-order chi connectivity index (χ0) is 10.9. The van der Waals surface area contributed by atoms with Crippen LogP contribution >= 0.6 is 0 Å². The van der Waals surface area contributed by atoms with E-state index in [1.807, 2.05) is 6.92 Å². The van der Waals surface area contributed by atoms with Gasteiger partial charge in [-0.1, -0.05) is 19.1 Å². The number of likely N-dealkylation sites (tertiary alicyclic amines) is 1. The number of hydrogen-bond donors (Lipinski definition) is 1. The van der Waals surface area contributed by atoms with Gasteiger partial charge in [0.1, 0.15) is 0 Å². The molecule has 1 aliphatic carbocycles. The molecule has 0 radical (unpaired) electrons. The van der Waals surface area contributed by atoms with Crippen LogP contribution in [-0.2, 0) is 4.79 Å². The van der Waals surface area contributed by atoms with Gasteiger partial charge in [0.2, 0.25) is 5.91 Å². The number of carbonyl (C=O) groups excluding carboxylic acids is 1. The summed E-state index contributed by atoms with van der Waals surface area (Å²) in [6.45, 7) is 3.01. The van der Waals surface area contributed by atoms with Crippen molar-refractivity contribution >= 4 is 5.91 Å². The maximum absolute atomic E-state index is 11.8. The van der Waals surface area contributed by atoms with Crippen LogP contribution in [0.1, 0.15) is 32.6 Å². The number of amides is 1. The fourth-order valence-corrected chi connectivity index (χ4v) is 2.28. The normalized spacial score (nSPS) is 27.9. The molecule has 1 N–H and O–H groups in total. The van der Waals surface area contributed by atoms with Gasteiger partial charge in [-0.2, -0.15) is 0 Å². The highest BCUT2D eigenvalue weighted by molar-refractivity contribution is 5.78. The van der Waals surface area contributed by atoms with Crippen LogP contribution in [0.15, 0.2) is 12.2 Å². The van der Waals surface area contributed by atoms with Gasteiger partial charge < -0.3 is 10.0 Å². The average Bonchev–Trinajstić information content (AvgIpc) is 2.65. The van der Waals surface area contributed by atoms with Crippen LogP contribution in [0.25, 0.3) is 0 Å². The molecule has 1 saturated heterocycles. The average molecular weight is 209 g/mol. The Bertz CT molecular complexity index is 279. The van der Waals surface area contributed by atoms with Crippen LogP contribution in [0.5, 0.6) is 0 Å². The van der Waals surface area contributed by atoms with Crippen LogP contribution in [0.4, 0.5) is 0 Å². The summed E-state index contributed by atoms with van der Waals surface area (Å²) in [6, 6.07) is 0. The van der Waals surface area contributed by atoms with Crippen LogP contribution in [0.2, 0.25) is 0 Å². The Kier molecular flexibility index (Phi) is 2.83. The van der Waals surface area contributed by atoms with Gasteiger partial charge in [0.25, 0.3) is 0 Å². The van der Waals surface area contributed by atoms with Gasteiger partial charge >= 0.3 is 0 Å². The van der Waals surface area contributed by atoms with E-state index in [0.29, 0.717) is 25.4 Å².